The Balaban J connectivity index is 1.91. The summed E-state index contributed by atoms with van der Waals surface area (Å²) in [6, 6.07) is 11.2. The minimum atomic E-state index is 0.128. The SMILES string of the molecule is CNC(C)c1ccc(-c2ccc3c(c2)CCN3C(C)=O)s1. The number of hydrogen-bond donors (Lipinski definition) is 1. The zero-order chi connectivity index (χ0) is 15.0. The van der Waals surface area contributed by atoms with E-state index in [-0.39, 0.29) is 5.91 Å². The Kier molecular flexibility index (Phi) is 3.83. The number of thiophene rings is 1. The molecule has 1 atom stereocenters. The number of benzene rings is 1. The molecule has 1 N–H and O–H groups in total. The third-order valence-corrected chi connectivity index (χ3v) is 5.44. The number of rotatable bonds is 3. The molecule has 1 aliphatic rings. The van der Waals surface area contributed by atoms with Gasteiger partial charge in [0, 0.05) is 35.0 Å². The molecule has 3 nitrogen and oxygen atoms in total. The van der Waals surface area contributed by atoms with Crippen molar-refractivity contribution in [2.75, 3.05) is 18.5 Å². The lowest BCUT2D eigenvalue weighted by atomic mass is 10.1. The first kappa shape index (κ1) is 14.3. The van der Waals surface area contributed by atoms with Crippen molar-refractivity contribution in [3.05, 3.63) is 40.8 Å². The number of carbonyl (C=O) groups is 1. The standard InChI is InChI=1S/C17H20N2OS/c1-11(18-3)16-6-7-17(21-16)14-4-5-15-13(10-14)8-9-19(15)12(2)20/h4-7,10-11,18H,8-9H2,1-3H3. The zero-order valence-electron chi connectivity index (χ0n) is 12.6. The maximum absolute atomic E-state index is 11.6. The number of amides is 1. The quantitative estimate of drug-likeness (QED) is 0.939. The highest BCUT2D eigenvalue weighted by Crippen LogP contribution is 2.36. The third-order valence-electron chi connectivity index (χ3n) is 4.13. The first-order chi connectivity index (χ1) is 10.1. The van der Waals surface area contributed by atoms with Crippen LogP contribution in [0, 0.1) is 0 Å². The van der Waals surface area contributed by atoms with E-state index in [4.69, 9.17) is 0 Å². The van der Waals surface area contributed by atoms with Crippen molar-refractivity contribution in [2.45, 2.75) is 26.3 Å². The lowest BCUT2D eigenvalue weighted by Gasteiger charge is -2.14. The maximum atomic E-state index is 11.6. The summed E-state index contributed by atoms with van der Waals surface area (Å²) >= 11 is 1.83. The van der Waals surface area contributed by atoms with E-state index in [0.29, 0.717) is 6.04 Å². The molecule has 2 aromatic rings. The van der Waals surface area contributed by atoms with Crippen LogP contribution in [0.2, 0.25) is 0 Å². The average Bonchev–Trinajstić information content (AvgIpc) is 3.12. The molecule has 1 amide bonds. The van der Waals surface area contributed by atoms with Gasteiger partial charge in [-0.15, -0.1) is 11.3 Å². The highest BCUT2D eigenvalue weighted by atomic mass is 32.1. The van der Waals surface area contributed by atoms with E-state index in [1.54, 1.807) is 6.92 Å². The fraction of sp³-hybridized carbons (Fsp3) is 0.353. The normalized spacial score (nSPS) is 15.1. The van der Waals surface area contributed by atoms with Crippen molar-refractivity contribution in [3.8, 4) is 10.4 Å². The van der Waals surface area contributed by atoms with Crippen molar-refractivity contribution < 1.29 is 4.79 Å². The fourth-order valence-corrected chi connectivity index (χ4v) is 3.83. The smallest absolute Gasteiger partial charge is 0.223 e. The largest absolute Gasteiger partial charge is 0.313 e. The Morgan fingerprint density at radius 3 is 2.86 bits per heavy atom. The van der Waals surface area contributed by atoms with Crippen molar-refractivity contribution in [2.24, 2.45) is 0 Å². The number of carbonyl (C=O) groups excluding carboxylic acids is 1. The van der Waals surface area contributed by atoms with E-state index in [1.807, 2.05) is 23.3 Å². The van der Waals surface area contributed by atoms with Gasteiger partial charge in [0.2, 0.25) is 5.91 Å². The van der Waals surface area contributed by atoms with Gasteiger partial charge in [-0.05, 0) is 55.8 Å². The number of fused-ring (bicyclic) bond motifs is 1. The molecule has 0 saturated carbocycles. The highest BCUT2D eigenvalue weighted by molar-refractivity contribution is 7.15. The highest BCUT2D eigenvalue weighted by Gasteiger charge is 2.22. The van der Waals surface area contributed by atoms with E-state index in [1.165, 1.54) is 20.9 Å². The molecule has 1 aliphatic heterocycles. The second kappa shape index (κ2) is 5.62. The van der Waals surface area contributed by atoms with Gasteiger partial charge in [0.15, 0.2) is 0 Å². The zero-order valence-corrected chi connectivity index (χ0v) is 13.5. The number of hydrogen-bond acceptors (Lipinski definition) is 3. The molecule has 0 saturated heterocycles. The number of anilines is 1. The van der Waals surface area contributed by atoms with E-state index in [9.17, 15) is 4.79 Å². The van der Waals surface area contributed by atoms with E-state index in [2.05, 4.69) is 42.6 Å². The van der Waals surface area contributed by atoms with Crippen molar-refractivity contribution in [1.82, 2.24) is 5.32 Å². The van der Waals surface area contributed by atoms with Crippen molar-refractivity contribution in [3.63, 3.8) is 0 Å². The minimum Gasteiger partial charge on any atom is -0.313 e. The fourth-order valence-electron chi connectivity index (χ4n) is 2.77. The van der Waals surface area contributed by atoms with Gasteiger partial charge < -0.3 is 10.2 Å². The molecular weight excluding hydrogens is 280 g/mol. The molecule has 0 aliphatic carbocycles. The van der Waals surface area contributed by atoms with Crippen LogP contribution in [-0.4, -0.2) is 19.5 Å². The molecule has 21 heavy (non-hydrogen) atoms. The van der Waals surface area contributed by atoms with Gasteiger partial charge >= 0.3 is 0 Å². The molecule has 0 fully saturated rings. The van der Waals surface area contributed by atoms with Gasteiger partial charge in [-0.1, -0.05) is 6.07 Å². The van der Waals surface area contributed by atoms with E-state index in [0.717, 1.165) is 18.7 Å². The first-order valence-electron chi connectivity index (χ1n) is 7.28. The third kappa shape index (κ3) is 2.61. The molecule has 2 heterocycles. The minimum absolute atomic E-state index is 0.128. The maximum Gasteiger partial charge on any atom is 0.223 e. The molecule has 1 aromatic carbocycles. The summed E-state index contributed by atoms with van der Waals surface area (Å²) in [4.78, 5) is 16.1. The van der Waals surface area contributed by atoms with Crippen LogP contribution in [0.25, 0.3) is 10.4 Å². The summed E-state index contributed by atoms with van der Waals surface area (Å²) in [6.07, 6.45) is 0.952. The van der Waals surface area contributed by atoms with Crippen LogP contribution in [0.3, 0.4) is 0 Å². The van der Waals surface area contributed by atoms with Gasteiger partial charge in [-0.3, -0.25) is 4.79 Å². The van der Waals surface area contributed by atoms with Crippen LogP contribution in [0.4, 0.5) is 5.69 Å². The molecule has 1 aromatic heterocycles. The molecular formula is C17H20N2OS. The summed E-state index contributed by atoms with van der Waals surface area (Å²) in [5.41, 5.74) is 3.60. The van der Waals surface area contributed by atoms with E-state index < -0.39 is 0 Å². The van der Waals surface area contributed by atoms with Crippen LogP contribution in [0.5, 0.6) is 0 Å². The monoisotopic (exact) mass is 300 g/mol. The summed E-state index contributed by atoms with van der Waals surface area (Å²) in [6.45, 7) is 4.61. The second-order valence-corrected chi connectivity index (χ2v) is 6.59. The lowest BCUT2D eigenvalue weighted by Crippen LogP contribution is -2.25. The molecule has 1 unspecified atom stereocenters. The molecule has 3 rings (SSSR count). The molecule has 4 heteroatoms. The Hall–Kier alpha value is -1.65. The van der Waals surface area contributed by atoms with Gasteiger partial charge in [0.05, 0.1) is 0 Å². The summed E-state index contributed by atoms with van der Waals surface area (Å²) in [5.74, 6) is 0.128. The van der Waals surface area contributed by atoms with E-state index >= 15 is 0 Å². The van der Waals surface area contributed by atoms with Crippen molar-refractivity contribution in [1.29, 1.82) is 0 Å². The molecule has 0 radical (unpaired) electrons. The van der Waals surface area contributed by atoms with Crippen LogP contribution in [-0.2, 0) is 11.2 Å². The van der Waals surface area contributed by atoms with Crippen LogP contribution in [0.1, 0.15) is 30.3 Å². The summed E-state index contributed by atoms with van der Waals surface area (Å²) < 4.78 is 0. The topological polar surface area (TPSA) is 32.3 Å². The second-order valence-electron chi connectivity index (χ2n) is 5.48. The number of nitrogens with zero attached hydrogens (tertiary/aromatic N) is 1. The Bertz CT molecular complexity index is 677. The summed E-state index contributed by atoms with van der Waals surface area (Å²) in [5, 5.41) is 3.27. The Morgan fingerprint density at radius 1 is 1.33 bits per heavy atom. The predicted octanol–water partition coefficient (Wildman–Crippen LogP) is 3.60. The molecule has 0 spiro atoms. The van der Waals surface area contributed by atoms with Gasteiger partial charge in [0.25, 0.3) is 0 Å². The lowest BCUT2D eigenvalue weighted by molar-refractivity contribution is -0.116. The van der Waals surface area contributed by atoms with Gasteiger partial charge in [-0.2, -0.15) is 0 Å². The Morgan fingerprint density at radius 2 is 2.14 bits per heavy atom. The van der Waals surface area contributed by atoms with Crippen LogP contribution >= 0.6 is 11.3 Å². The molecule has 0 bridgehead atoms. The van der Waals surface area contributed by atoms with Crippen LogP contribution in [0.15, 0.2) is 30.3 Å². The van der Waals surface area contributed by atoms with Gasteiger partial charge in [-0.25, -0.2) is 0 Å². The van der Waals surface area contributed by atoms with Gasteiger partial charge in [0.1, 0.15) is 0 Å². The first-order valence-corrected chi connectivity index (χ1v) is 8.10. The average molecular weight is 300 g/mol. The predicted molar refractivity (Wildman–Crippen MR) is 89.0 cm³/mol. The Labute approximate surface area is 129 Å². The summed E-state index contributed by atoms with van der Waals surface area (Å²) in [7, 11) is 1.98. The number of nitrogens with one attached hydrogen (secondary N) is 1. The van der Waals surface area contributed by atoms with Crippen LogP contribution < -0.4 is 10.2 Å². The van der Waals surface area contributed by atoms with Crippen molar-refractivity contribution >= 4 is 22.9 Å². The molecule has 110 valence electrons.